The Morgan fingerprint density at radius 2 is 2.10 bits per heavy atom. The lowest BCUT2D eigenvalue weighted by Crippen LogP contribution is -2.10. The van der Waals surface area contributed by atoms with Gasteiger partial charge in [0.05, 0.1) is 0 Å². The standard InChI is InChI=1S/C15H18N2OS2/c1-11-6-7-12(20-11)10-17-13-4-2-3-5-14(13)19-9-8-15(16)18/h2-7,17H,8-10H2,1H3,(H2,16,18). The van der Waals surface area contributed by atoms with E-state index in [0.717, 1.165) is 17.1 Å². The summed E-state index contributed by atoms with van der Waals surface area (Å²) in [6.07, 6.45) is 0.406. The SMILES string of the molecule is Cc1ccc(CNc2ccccc2SCCC(N)=O)s1. The van der Waals surface area contributed by atoms with Gasteiger partial charge in [0.15, 0.2) is 0 Å². The molecule has 0 atom stereocenters. The number of nitrogens with one attached hydrogen (secondary N) is 1. The number of rotatable bonds is 7. The van der Waals surface area contributed by atoms with Gasteiger partial charge >= 0.3 is 0 Å². The summed E-state index contributed by atoms with van der Waals surface area (Å²) < 4.78 is 0. The normalized spacial score (nSPS) is 10.4. The number of benzene rings is 1. The molecule has 3 N–H and O–H groups in total. The van der Waals surface area contributed by atoms with Crippen LogP contribution < -0.4 is 11.1 Å². The fourth-order valence-electron chi connectivity index (χ4n) is 1.76. The average Bonchev–Trinajstić information content (AvgIpc) is 2.83. The van der Waals surface area contributed by atoms with E-state index in [4.69, 9.17) is 5.73 Å². The van der Waals surface area contributed by atoms with Crippen LogP contribution in [0.4, 0.5) is 5.69 Å². The van der Waals surface area contributed by atoms with Gasteiger partial charge in [-0.05, 0) is 31.2 Å². The van der Waals surface area contributed by atoms with E-state index >= 15 is 0 Å². The van der Waals surface area contributed by atoms with Crippen molar-refractivity contribution in [2.75, 3.05) is 11.1 Å². The fraction of sp³-hybridized carbons (Fsp3) is 0.267. The quantitative estimate of drug-likeness (QED) is 0.768. The first-order valence-electron chi connectivity index (χ1n) is 6.44. The van der Waals surface area contributed by atoms with Crippen LogP contribution in [0.1, 0.15) is 16.2 Å². The molecule has 0 saturated heterocycles. The zero-order valence-electron chi connectivity index (χ0n) is 11.4. The molecule has 1 heterocycles. The Labute approximate surface area is 127 Å². The molecule has 0 aliphatic carbocycles. The molecule has 0 aliphatic heterocycles. The van der Waals surface area contributed by atoms with Crippen molar-refractivity contribution >= 4 is 34.7 Å². The van der Waals surface area contributed by atoms with E-state index in [9.17, 15) is 4.79 Å². The first-order chi connectivity index (χ1) is 9.65. The second-order valence-electron chi connectivity index (χ2n) is 4.43. The molecule has 0 saturated carbocycles. The lowest BCUT2D eigenvalue weighted by molar-refractivity contribution is -0.117. The summed E-state index contributed by atoms with van der Waals surface area (Å²) in [6.45, 7) is 2.94. The molecule has 0 radical (unpaired) electrons. The van der Waals surface area contributed by atoms with Gasteiger partial charge in [-0.3, -0.25) is 4.79 Å². The van der Waals surface area contributed by atoms with Crippen LogP contribution >= 0.6 is 23.1 Å². The van der Waals surface area contributed by atoms with E-state index in [1.807, 2.05) is 12.1 Å². The number of thiophene rings is 1. The van der Waals surface area contributed by atoms with Crippen molar-refractivity contribution in [1.29, 1.82) is 0 Å². The van der Waals surface area contributed by atoms with E-state index in [0.29, 0.717) is 12.2 Å². The molecule has 5 heteroatoms. The van der Waals surface area contributed by atoms with Gasteiger partial charge in [0, 0.05) is 39.1 Å². The summed E-state index contributed by atoms with van der Waals surface area (Å²) in [5.74, 6) is 0.462. The van der Waals surface area contributed by atoms with Crippen LogP contribution in [0.3, 0.4) is 0 Å². The van der Waals surface area contributed by atoms with Gasteiger partial charge in [-0.2, -0.15) is 0 Å². The molecule has 0 unspecified atom stereocenters. The molecule has 0 spiro atoms. The molecule has 106 valence electrons. The van der Waals surface area contributed by atoms with Gasteiger partial charge in [-0.1, -0.05) is 12.1 Å². The highest BCUT2D eigenvalue weighted by atomic mass is 32.2. The van der Waals surface area contributed by atoms with Gasteiger partial charge < -0.3 is 11.1 Å². The van der Waals surface area contributed by atoms with Crippen molar-refractivity contribution < 1.29 is 4.79 Å². The maximum atomic E-state index is 10.8. The van der Waals surface area contributed by atoms with Crippen LogP contribution in [0, 0.1) is 6.92 Å². The third-order valence-electron chi connectivity index (χ3n) is 2.74. The zero-order chi connectivity index (χ0) is 14.4. The van der Waals surface area contributed by atoms with E-state index in [-0.39, 0.29) is 5.91 Å². The number of para-hydroxylation sites is 1. The van der Waals surface area contributed by atoms with Crippen molar-refractivity contribution in [2.45, 2.75) is 24.8 Å². The summed E-state index contributed by atoms with van der Waals surface area (Å²) in [5.41, 5.74) is 6.27. The second-order valence-corrected chi connectivity index (χ2v) is 6.94. The van der Waals surface area contributed by atoms with E-state index in [1.54, 1.807) is 23.1 Å². The van der Waals surface area contributed by atoms with Crippen LogP contribution in [-0.4, -0.2) is 11.7 Å². The topological polar surface area (TPSA) is 55.1 Å². The summed E-state index contributed by atoms with van der Waals surface area (Å²) >= 11 is 3.46. The zero-order valence-corrected chi connectivity index (χ0v) is 13.0. The van der Waals surface area contributed by atoms with Crippen LogP contribution in [0.2, 0.25) is 0 Å². The Morgan fingerprint density at radius 3 is 2.80 bits per heavy atom. The van der Waals surface area contributed by atoms with Crippen molar-refractivity contribution in [1.82, 2.24) is 0 Å². The molecule has 1 aromatic carbocycles. The molecule has 20 heavy (non-hydrogen) atoms. The molecule has 3 nitrogen and oxygen atoms in total. The molecule has 1 aromatic heterocycles. The predicted molar refractivity (Wildman–Crippen MR) is 87.4 cm³/mol. The van der Waals surface area contributed by atoms with Gasteiger partial charge in [0.25, 0.3) is 0 Å². The monoisotopic (exact) mass is 306 g/mol. The van der Waals surface area contributed by atoms with Gasteiger partial charge in [0.1, 0.15) is 0 Å². The molecule has 1 amide bonds. The van der Waals surface area contributed by atoms with Crippen LogP contribution in [0.5, 0.6) is 0 Å². The molecular weight excluding hydrogens is 288 g/mol. The number of carbonyl (C=O) groups excluding carboxylic acids is 1. The second kappa shape index (κ2) is 7.36. The summed E-state index contributed by atoms with van der Waals surface area (Å²) in [4.78, 5) is 14.6. The summed E-state index contributed by atoms with van der Waals surface area (Å²) in [7, 11) is 0. The van der Waals surface area contributed by atoms with E-state index < -0.39 is 0 Å². The smallest absolute Gasteiger partial charge is 0.218 e. The van der Waals surface area contributed by atoms with Crippen molar-refractivity contribution in [3.8, 4) is 0 Å². The average molecular weight is 306 g/mol. The first-order valence-corrected chi connectivity index (χ1v) is 8.24. The Kier molecular flexibility index (Phi) is 5.49. The predicted octanol–water partition coefficient (Wildman–Crippen LogP) is 3.64. The first kappa shape index (κ1) is 14.9. The fourth-order valence-corrected chi connectivity index (χ4v) is 3.59. The number of amides is 1. The van der Waals surface area contributed by atoms with Crippen LogP contribution in [0.25, 0.3) is 0 Å². The Hall–Kier alpha value is -1.46. The summed E-state index contributed by atoms with van der Waals surface area (Å²) in [5, 5.41) is 3.45. The van der Waals surface area contributed by atoms with Crippen molar-refractivity contribution in [2.24, 2.45) is 5.73 Å². The number of hydrogen-bond acceptors (Lipinski definition) is 4. The van der Waals surface area contributed by atoms with Gasteiger partial charge in [-0.25, -0.2) is 0 Å². The number of primary amides is 1. The number of thioether (sulfide) groups is 1. The van der Waals surface area contributed by atoms with Crippen molar-refractivity contribution in [3.05, 3.63) is 46.2 Å². The van der Waals surface area contributed by atoms with Crippen LogP contribution in [-0.2, 0) is 11.3 Å². The largest absolute Gasteiger partial charge is 0.379 e. The number of nitrogens with two attached hydrogens (primary N) is 1. The number of aryl methyl sites for hydroxylation is 1. The molecule has 2 rings (SSSR count). The third-order valence-corrected chi connectivity index (χ3v) is 4.82. The highest BCUT2D eigenvalue weighted by molar-refractivity contribution is 7.99. The highest BCUT2D eigenvalue weighted by Gasteiger charge is 2.04. The lowest BCUT2D eigenvalue weighted by Gasteiger charge is -2.10. The minimum Gasteiger partial charge on any atom is -0.379 e. The highest BCUT2D eigenvalue weighted by Crippen LogP contribution is 2.28. The Bertz CT molecular complexity index is 581. The molecular formula is C15H18N2OS2. The Morgan fingerprint density at radius 1 is 1.30 bits per heavy atom. The maximum Gasteiger partial charge on any atom is 0.218 e. The number of hydrogen-bond donors (Lipinski definition) is 2. The van der Waals surface area contributed by atoms with E-state index in [1.165, 1.54) is 9.75 Å². The lowest BCUT2D eigenvalue weighted by atomic mass is 10.3. The van der Waals surface area contributed by atoms with Gasteiger partial charge in [0.2, 0.25) is 5.91 Å². The number of anilines is 1. The molecule has 0 bridgehead atoms. The molecule has 0 fully saturated rings. The molecule has 0 aliphatic rings. The minimum absolute atomic E-state index is 0.253. The van der Waals surface area contributed by atoms with Gasteiger partial charge in [-0.15, -0.1) is 23.1 Å². The summed E-state index contributed by atoms with van der Waals surface area (Å²) in [6, 6.07) is 12.4. The van der Waals surface area contributed by atoms with Crippen LogP contribution in [0.15, 0.2) is 41.3 Å². The molecule has 2 aromatic rings. The minimum atomic E-state index is -0.253. The van der Waals surface area contributed by atoms with Crippen molar-refractivity contribution in [3.63, 3.8) is 0 Å². The third kappa shape index (κ3) is 4.58. The number of carbonyl (C=O) groups is 1. The maximum absolute atomic E-state index is 10.8. The van der Waals surface area contributed by atoms with E-state index in [2.05, 4.69) is 36.5 Å². The Balaban J connectivity index is 1.94.